The molecule has 7 nitrogen and oxygen atoms in total. The van der Waals surface area contributed by atoms with Crippen LogP contribution in [0.4, 0.5) is 0 Å². The van der Waals surface area contributed by atoms with Gasteiger partial charge >= 0.3 is 5.97 Å². The van der Waals surface area contributed by atoms with E-state index in [9.17, 15) is 14.4 Å². The molecule has 1 aromatic rings. The van der Waals surface area contributed by atoms with Crippen LogP contribution in [-0.4, -0.2) is 41.5 Å². The van der Waals surface area contributed by atoms with E-state index < -0.39 is 5.97 Å². The number of fused-ring (bicyclic) bond motifs is 1. The highest BCUT2D eigenvalue weighted by molar-refractivity contribution is 6.00. The maximum atomic E-state index is 12.2. The van der Waals surface area contributed by atoms with Crippen LogP contribution in [0.5, 0.6) is 11.5 Å². The highest BCUT2D eigenvalue weighted by atomic mass is 16.7. The normalized spacial score (nSPS) is 13.5. The third kappa shape index (κ3) is 4.04. The van der Waals surface area contributed by atoms with E-state index in [0.717, 1.165) is 0 Å². The average molecular weight is 335 g/mol. The Morgan fingerprint density at radius 1 is 1.33 bits per heavy atom. The Bertz CT molecular complexity index is 667. The van der Waals surface area contributed by atoms with Gasteiger partial charge in [-0.3, -0.25) is 14.4 Å². The first kappa shape index (κ1) is 17.8. The summed E-state index contributed by atoms with van der Waals surface area (Å²) in [7, 11) is 1.43. The summed E-state index contributed by atoms with van der Waals surface area (Å²) >= 11 is 0. The minimum Gasteiger partial charge on any atom is -0.496 e. The van der Waals surface area contributed by atoms with Crippen molar-refractivity contribution >= 4 is 17.7 Å². The average Bonchev–Trinajstić information content (AvgIpc) is 2.51. The van der Waals surface area contributed by atoms with Crippen LogP contribution in [0.2, 0.25) is 0 Å². The molecule has 130 valence electrons. The molecule has 0 saturated carbocycles. The van der Waals surface area contributed by atoms with E-state index in [4.69, 9.17) is 14.7 Å². The van der Waals surface area contributed by atoms with Crippen LogP contribution >= 0.6 is 0 Å². The Labute approximate surface area is 140 Å². The Hall–Kier alpha value is -2.57. The van der Waals surface area contributed by atoms with Gasteiger partial charge in [-0.15, -0.1) is 0 Å². The van der Waals surface area contributed by atoms with Crippen molar-refractivity contribution in [1.29, 1.82) is 0 Å². The fraction of sp³-hybridized carbons (Fsp3) is 0.471. The molecule has 0 aliphatic carbocycles. The fourth-order valence-electron chi connectivity index (χ4n) is 2.46. The van der Waals surface area contributed by atoms with Gasteiger partial charge in [0.2, 0.25) is 0 Å². The Morgan fingerprint density at radius 3 is 2.62 bits per heavy atom. The molecule has 7 heteroatoms. The van der Waals surface area contributed by atoms with Crippen LogP contribution in [0.3, 0.4) is 0 Å². The molecule has 1 heterocycles. The lowest BCUT2D eigenvalue weighted by atomic mass is 9.99. The van der Waals surface area contributed by atoms with E-state index in [1.165, 1.54) is 12.2 Å². The summed E-state index contributed by atoms with van der Waals surface area (Å²) in [6, 6.07) is 3.13. The molecule has 24 heavy (non-hydrogen) atoms. The SMILES string of the molecule is COc1cc2c(cc1C(=O)CCC(=O)O)CC(=O)N(CC(C)C)O2. The number of carboxylic acid groups (broad SMARTS) is 1. The van der Waals surface area contributed by atoms with Crippen molar-refractivity contribution in [3.63, 3.8) is 0 Å². The minimum absolute atomic E-state index is 0.126. The summed E-state index contributed by atoms with van der Waals surface area (Å²) in [5.41, 5.74) is 0.866. The van der Waals surface area contributed by atoms with Gasteiger partial charge in [0.15, 0.2) is 11.5 Å². The van der Waals surface area contributed by atoms with Gasteiger partial charge in [-0.05, 0) is 12.0 Å². The van der Waals surface area contributed by atoms with Crippen LogP contribution in [0, 0.1) is 5.92 Å². The summed E-state index contributed by atoms with van der Waals surface area (Å²) < 4.78 is 5.23. The zero-order valence-corrected chi connectivity index (χ0v) is 14.0. The van der Waals surface area contributed by atoms with Gasteiger partial charge in [0.1, 0.15) is 5.75 Å². The molecule has 0 bridgehead atoms. The van der Waals surface area contributed by atoms with Crippen LogP contribution in [0.25, 0.3) is 0 Å². The van der Waals surface area contributed by atoms with Gasteiger partial charge in [0, 0.05) is 18.1 Å². The fourth-order valence-corrected chi connectivity index (χ4v) is 2.46. The lowest BCUT2D eigenvalue weighted by Gasteiger charge is -2.30. The number of Topliss-reactive ketones (excluding diaryl/α,β-unsaturated/α-hetero) is 1. The summed E-state index contributed by atoms with van der Waals surface area (Å²) in [5, 5.41) is 10.0. The molecule has 0 fully saturated rings. The molecule has 0 saturated heterocycles. The van der Waals surface area contributed by atoms with E-state index in [1.807, 2.05) is 13.8 Å². The number of methoxy groups -OCH3 is 1. The van der Waals surface area contributed by atoms with E-state index in [2.05, 4.69) is 0 Å². The van der Waals surface area contributed by atoms with Crippen LogP contribution in [-0.2, 0) is 16.0 Å². The smallest absolute Gasteiger partial charge is 0.303 e. The molecule has 0 spiro atoms. The number of benzene rings is 1. The zero-order valence-electron chi connectivity index (χ0n) is 14.0. The third-order valence-electron chi connectivity index (χ3n) is 3.61. The quantitative estimate of drug-likeness (QED) is 0.767. The summed E-state index contributed by atoms with van der Waals surface area (Å²) in [4.78, 5) is 40.6. The van der Waals surface area contributed by atoms with Gasteiger partial charge in [0.05, 0.1) is 32.1 Å². The van der Waals surface area contributed by atoms with Gasteiger partial charge in [-0.25, -0.2) is 0 Å². The lowest BCUT2D eigenvalue weighted by Crippen LogP contribution is -2.41. The van der Waals surface area contributed by atoms with Crippen molar-refractivity contribution in [2.24, 2.45) is 5.92 Å². The van der Waals surface area contributed by atoms with Gasteiger partial charge in [-0.1, -0.05) is 13.8 Å². The minimum atomic E-state index is -1.04. The van der Waals surface area contributed by atoms with Crippen LogP contribution < -0.4 is 9.57 Å². The topological polar surface area (TPSA) is 93.1 Å². The number of carbonyl (C=O) groups is 3. The van der Waals surface area contributed by atoms with E-state index in [-0.39, 0.29) is 42.4 Å². The number of ketones is 1. The standard InChI is InChI=1S/C17H21NO6/c1-10(2)9-18-16(20)7-11-6-12(13(19)4-5-17(21)22)15(23-3)8-14(11)24-18/h6,8,10H,4-5,7,9H2,1-3H3,(H,21,22). The molecule has 0 unspecified atom stereocenters. The predicted molar refractivity (Wildman–Crippen MR) is 85.1 cm³/mol. The molecule has 0 atom stereocenters. The van der Waals surface area contributed by atoms with Crippen LogP contribution in [0.1, 0.15) is 42.6 Å². The number of hydroxylamine groups is 2. The summed E-state index contributed by atoms with van der Waals surface area (Å²) in [5.74, 6) is -0.512. The van der Waals surface area contributed by atoms with Gasteiger partial charge in [-0.2, -0.15) is 5.06 Å². The predicted octanol–water partition coefficient (Wildman–Crippen LogP) is 2.08. The number of carboxylic acids is 1. The molecule has 1 N–H and O–H groups in total. The Kier molecular flexibility index (Phi) is 5.43. The van der Waals surface area contributed by atoms with Gasteiger partial charge in [0.25, 0.3) is 5.91 Å². The zero-order chi connectivity index (χ0) is 17.9. The lowest BCUT2D eigenvalue weighted by molar-refractivity contribution is -0.161. The van der Waals surface area contributed by atoms with Crippen molar-refractivity contribution in [2.45, 2.75) is 33.1 Å². The third-order valence-corrected chi connectivity index (χ3v) is 3.61. The van der Waals surface area contributed by atoms with Crippen molar-refractivity contribution in [2.75, 3.05) is 13.7 Å². The molecule has 1 aliphatic heterocycles. The highest BCUT2D eigenvalue weighted by Crippen LogP contribution is 2.34. The van der Waals surface area contributed by atoms with Gasteiger partial charge < -0.3 is 14.7 Å². The second-order valence-corrected chi connectivity index (χ2v) is 6.09. The number of hydrogen-bond acceptors (Lipinski definition) is 5. The largest absolute Gasteiger partial charge is 0.496 e. The first-order chi connectivity index (χ1) is 11.3. The molecule has 0 aromatic heterocycles. The maximum Gasteiger partial charge on any atom is 0.303 e. The monoisotopic (exact) mass is 335 g/mol. The van der Waals surface area contributed by atoms with Crippen molar-refractivity contribution in [1.82, 2.24) is 5.06 Å². The molecule has 0 radical (unpaired) electrons. The Balaban J connectivity index is 2.29. The molecular formula is C17H21NO6. The van der Waals surface area contributed by atoms with Crippen molar-refractivity contribution < 1.29 is 29.1 Å². The molecule has 1 aliphatic rings. The number of hydrogen-bond donors (Lipinski definition) is 1. The first-order valence-corrected chi connectivity index (χ1v) is 7.76. The van der Waals surface area contributed by atoms with Crippen LogP contribution in [0.15, 0.2) is 12.1 Å². The summed E-state index contributed by atoms with van der Waals surface area (Å²) in [6.45, 7) is 4.44. The highest BCUT2D eigenvalue weighted by Gasteiger charge is 2.28. The van der Waals surface area contributed by atoms with E-state index in [1.54, 1.807) is 12.1 Å². The number of rotatable bonds is 7. The second kappa shape index (κ2) is 7.33. The summed E-state index contributed by atoms with van der Waals surface area (Å²) in [6.07, 6.45) is -0.249. The molecule has 2 rings (SSSR count). The molecule has 1 amide bonds. The van der Waals surface area contributed by atoms with E-state index >= 15 is 0 Å². The number of amides is 1. The number of ether oxygens (including phenoxy) is 1. The number of aliphatic carboxylic acids is 1. The maximum absolute atomic E-state index is 12.2. The van der Waals surface area contributed by atoms with Crippen molar-refractivity contribution in [3.8, 4) is 11.5 Å². The second-order valence-electron chi connectivity index (χ2n) is 6.09. The number of nitrogens with zero attached hydrogens (tertiary/aromatic N) is 1. The van der Waals surface area contributed by atoms with Crippen molar-refractivity contribution in [3.05, 3.63) is 23.3 Å². The first-order valence-electron chi connectivity index (χ1n) is 7.76. The number of carbonyl (C=O) groups excluding carboxylic acids is 2. The molecular weight excluding hydrogens is 314 g/mol. The molecule has 1 aromatic carbocycles. The Morgan fingerprint density at radius 2 is 2.04 bits per heavy atom. The van der Waals surface area contributed by atoms with E-state index in [0.29, 0.717) is 23.6 Å².